The summed E-state index contributed by atoms with van der Waals surface area (Å²) in [6.07, 6.45) is 7.78. The van der Waals surface area contributed by atoms with Crippen molar-refractivity contribution in [1.29, 1.82) is 0 Å². The van der Waals surface area contributed by atoms with E-state index in [1.165, 1.54) is 25.7 Å². The molecule has 1 saturated carbocycles. The van der Waals surface area contributed by atoms with E-state index in [4.69, 9.17) is 0 Å². The van der Waals surface area contributed by atoms with Gasteiger partial charge in [0.2, 0.25) is 5.95 Å². The molecule has 1 aromatic rings. The fraction of sp³-hybridized carbons (Fsp3) is 0.786. The van der Waals surface area contributed by atoms with Gasteiger partial charge in [0, 0.05) is 19.3 Å². The smallest absolute Gasteiger partial charge is 0.203 e. The Labute approximate surface area is 105 Å². The highest BCUT2D eigenvalue weighted by molar-refractivity contribution is 5.28. The van der Waals surface area contributed by atoms with Crippen LogP contribution < -0.4 is 5.32 Å². The second-order valence-corrected chi connectivity index (χ2v) is 5.78. The van der Waals surface area contributed by atoms with E-state index in [9.17, 15) is 0 Å². The SMILES string of the molecule is Cc1cn(CC2CCCC2)c(NCC(C)C)n1. The number of nitrogens with zero attached hydrogens (tertiary/aromatic N) is 2. The van der Waals surface area contributed by atoms with E-state index in [1.807, 2.05) is 0 Å². The number of hydrogen-bond donors (Lipinski definition) is 1. The molecule has 0 bridgehead atoms. The van der Waals surface area contributed by atoms with Crippen LogP contribution in [-0.4, -0.2) is 16.1 Å². The second kappa shape index (κ2) is 5.56. The average Bonchev–Trinajstić information content (AvgIpc) is 2.86. The first kappa shape index (κ1) is 12.5. The standard InChI is InChI=1S/C14H25N3/c1-11(2)8-15-14-16-12(3)9-17(14)10-13-6-4-5-7-13/h9,11,13H,4-8,10H2,1-3H3,(H,15,16). The van der Waals surface area contributed by atoms with E-state index in [0.717, 1.165) is 30.6 Å². The molecule has 0 saturated heterocycles. The summed E-state index contributed by atoms with van der Waals surface area (Å²) < 4.78 is 2.31. The molecule has 1 aliphatic carbocycles. The topological polar surface area (TPSA) is 29.9 Å². The minimum absolute atomic E-state index is 0.659. The molecule has 1 aliphatic rings. The maximum absolute atomic E-state index is 4.58. The Hall–Kier alpha value is -0.990. The molecule has 1 fully saturated rings. The summed E-state index contributed by atoms with van der Waals surface area (Å²) in [6.45, 7) is 8.67. The Balaban J connectivity index is 1.98. The van der Waals surface area contributed by atoms with Gasteiger partial charge in [0.15, 0.2) is 0 Å². The van der Waals surface area contributed by atoms with Gasteiger partial charge in [-0.2, -0.15) is 0 Å². The van der Waals surface area contributed by atoms with Crippen LogP contribution in [0.15, 0.2) is 6.20 Å². The summed E-state index contributed by atoms with van der Waals surface area (Å²) in [5.41, 5.74) is 1.12. The first-order chi connectivity index (χ1) is 8.15. The zero-order chi connectivity index (χ0) is 12.3. The van der Waals surface area contributed by atoms with Crippen molar-refractivity contribution < 1.29 is 0 Å². The molecule has 96 valence electrons. The molecule has 0 atom stereocenters. The molecule has 0 aliphatic heterocycles. The first-order valence-electron chi connectivity index (χ1n) is 6.93. The predicted octanol–water partition coefficient (Wildman–Crippen LogP) is 3.45. The Bertz CT molecular complexity index is 348. The van der Waals surface area contributed by atoms with Crippen molar-refractivity contribution in [3.63, 3.8) is 0 Å². The van der Waals surface area contributed by atoms with Gasteiger partial charge in [0.1, 0.15) is 0 Å². The lowest BCUT2D eigenvalue weighted by atomic mass is 10.1. The number of anilines is 1. The highest BCUT2D eigenvalue weighted by Gasteiger charge is 2.17. The van der Waals surface area contributed by atoms with Crippen molar-refractivity contribution in [2.24, 2.45) is 11.8 Å². The summed E-state index contributed by atoms with van der Waals surface area (Å²) in [7, 11) is 0. The lowest BCUT2D eigenvalue weighted by molar-refractivity contribution is 0.459. The zero-order valence-electron chi connectivity index (χ0n) is 11.4. The minimum Gasteiger partial charge on any atom is -0.355 e. The molecule has 0 radical (unpaired) electrons. The minimum atomic E-state index is 0.659. The number of aromatic nitrogens is 2. The molecule has 3 heteroatoms. The molecule has 0 spiro atoms. The van der Waals surface area contributed by atoms with Crippen LogP contribution in [0.25, 0.3) is 0 Å². The van der Waals surface area contributed by atoms with Gasteiger partial charge >= 0.3 is 0 Å². The lowest BCUT2D eigenvalue weighted by Crippen LogP contribution is -2.15. The molecule has 3 nitrogen and oxygen atoms in total. The summed E-state index contributed by atoms with van der Waals surface area (Å²) in [6, 6.07) is 0. The van der Waals surface area contributed by atoms with E-state index in [1.54, 1.807) is 0 Å². The third kappa shape index (κ3) is 3.48. The van der Waals surface area contributed by atoms with E-state index in [-0.39, 0.29) is 0 Å². The van der Waals surface area contributed by atoms with Crippen molar-refractivity contribution in [1.82, 2.24) is 9.55 Å². The largest absolute Gasteiger partial charge is 0.355 e. The van der Waals surface area contributed by atoms with Crippen LogP contribution in [0.3, 0.4) is 0 Å². The van der Waals surface area contributed by atoms with E-state index in [2.05, 4.69) is 41.8 Å². The van der Waals surface area contributed by atoms with Crippen LogP contribution >= 0.6 is 0 Å². The summed E-state index contributed by atoms with van der Waals surface area (Å²) in [5, 5.41) is 3.46. The van der Waals surface area contributed by atoms with Gasteiger partial charge in [-0.05, 0) is 31.6 Å². The van der Waals surface area contributed by atoms with Crippen LogP contribution in [0.4, 0.5) is 5.95 Å². The monoisotopic (exact) mass is 235 g/mol. The van der Waals surface area contributed by atoms with Gasteiger partial charge in [-0.15, -0.1) is 0 Å². The molecule has 1 aromatic heterocycles. The molecule has 0 amide bonds. The lowest BCUT2D eigenvalue weighted by Gasteiger charge is -2.14. The Morgan fingerprint density at radius 3 is 2.76 bits per heavy atom. The predicted molar refractivity (Wildman–Crippen MR) is 72.2 cm³/mol. The third-order valence-electron chi connectivity index (χ3n) is 3.50. The molecule has 17 heavy (non-hydrogen) atoms. The molecular formula is C14H25N3. The number of aryl methyl sites for hydroxylation is 1. The van der Waals surface area contributed by atoms with Gasteiger partial charge in [0.25, 0.3) is 0 Å². The van der Waals surface area contributed by atoms with Gasteiger partial charge in [0.05, 0.1) is 5.69 Å². The average molecular weight is 235 g/mol. The summed E-state index contributed by atoms with van der Waals surface area (Å²) in [5.74, 6) is 2.58. The van der Waals surface area contributed by atoms with E-state index >= 15 is 0 Å². The number of imidazole rings is 1. The molecule has 2 rings (SSSR count). The van der Waals surface area contributed by atoms with Crippen LogP contribution in [-0.2, 0) is 6.54 Å². The highest BCUT2D eigenvalue weighted by Crippen LogP contribution is 2.27. The normalized spacial score (nSPS) is 16.9. The summed E-state index contributed by atoms with van der Waals surface area (Å²) in [4.78, 5) is 4.58. The molecule has 0 aromatic carbocycles. The van der Waals surface area contributed by atoms with Crippen molar-refractivity contribution >= 4 is 5.95 Å². The fourth-order valence-electron chi connectivity index (χ4n) is 2.59. The molecule has 0 unspecified atom stereocenters. The van der Waals surface area contributed by atoms with Gasteiger partial charge in [-0.25, -0.2) is 4.98 Å². The number of nitrogens with one attached hydrogen (secondary N) is 1. The van der Waals surface area contributed by atoms with Crippen LogP contribution in [0.5, 0.6) is 0 Å². The first-order valence-corrected chi connectivity index (χ1v) is 6.93. The van der Waals surface area contributed by atoms with Crippen molar-refractivity contribution in [2.45, 2.75) is 53.0 Å². The third-order valence-corrected chi connectivity index (χ3v) is 3.50. The second-order valence-electron chi connectivity index (χ2n) is 5.78. The van der Waals surface area contributed by atoms with Crippen molar-refractivity contribution in [2.75, 3.05) is 11.9 Å². The zero-order valence-corrected chi connectivity index (χ0v) is 11.4. The van der Waals surface area contributed by atoms with Crippen LogP contribution in [0, 0.1) is 18.8 Å². The number of hydrogen-bond acceptors (Lipinski definition) is 2. The van der Waals surface area contributed by atoms with Crippen LogP contribution in [0.2, 0.25) is 0 Å². The number of rotatable bonds is 5. The Kier molecular flexibility index (Phi) is 4.08. The maximum Gasteiger partial charge on any atom is 0.203 e. The van der Waals surface area contributed by atoms with Gasteiger partial charge in [-0.3, -0.25) is 0 Å². The van der Waals surface area contributed by atoms with Gasteiger partial charge < -0.3 is 9.88 Å². The Morgan fingerprint density at radius 2 is 2.12 bits per heavy atom. The Morgan fingerprint density at radius 1 is 1.41 bits per heavy atom. The molecule has 1 N–H and O–H groups in total. The van der Waals surface area contributed by atoms with Crippen LogP contribution in [0.1, 0.15) is 45.2 Å². The van der Waals surface area contributed by atoms with E-state index < -0.39 is 0 Å². The molecule has 1 heterocycles. The quantitative estimate of drug-likeness (QED) is 0.847. The fourth-order valence-corrected chi connectivity index (χ4v) is 2.59. The summed E-state index contributed by atoms with van der Waals surface area (Å²) >= 11 is 0. The van der Waals surface area contributed by atoms with Crippen molar-refractivity contribution in [3.8, 4) is 0 Å². The highest BCUT2D eigenvalue weighted by atomic mass is 15.2. The maximum atomic E-state index is 4.58. The van der Waals surface area contributed by atoms with Crippen molar-refractivity contribution in [3.05, 3.63) is 11.9 Å². The van der Waals surface area contributed by atoms with E-state index in [0.29, 0.717) is 5.92 Å². The van der Waals surface area contributed by atoms with Gasteiger partial charge in [-0.1, -0.05) is 26.7 Å². The molecular weight excluding hydrogens is 210 g/mol.